The highest BCUT2D eigenvalue weighted by Crippen LogP contribution is 2.57. The number of fused-ring (bicyclic) bond motifs is 1. The second-order valence-corrected chi connectivity index (χ2v) is 7.22. The highest BCUT2D eigenvalue weighted by Gasteiger charge is 2.47. The molecule has 88 valence electrons. The number of hydrogen-bond acceptors (Lipinski definition) is 4. The average Bonchev–Trinajstić information content (AvgIpc) is 2.62. The van der Waals surface area contributed by atoms with Crippen molar-refractivity contribution in [1.82, 2.24) is 14.8 Å². The highest BCUT2D eigenvalue weighted by molar-refractivity contribution is 8.13. The van der Waals surface area contributed by atoms with Crippen LogP contribution in [0.1, 0.15) is 31.0 Å². The van der Waals surface area contributed by atoms with Crippen molar-refractivity contribution in [3.05, 3.63) is 5.82 Å². The molecule has 2 saturated carbocycles. The monoisotopic (exact) mass is 261 g/mol. The second-order valence-electron chi connectivity index (χ2n) is 4.76. The predicted octanol–water partition coefficient (Wildman–Crippen LogP) is 1.26. The largest absolute Gasteiger partial charge is 0.304 e. The summed E-state index contributed by atoms with van der Waals surface area (Å²) in [6.07, 6.45) is 3.55. The third kappa shape index (κ3) is 1.55. The molecule has 7 heteroatoms. The normalized spacial score (nSPS) is 32.8. The van der Waals surface area contributed by atoms with E-state index in [0.29, 0.717) is 5.92 Å². The fraction of sp³-hybridized carbons (Fsp3) is 0.778. The number of halogens is 1. The molecule has 0 bridgehead atoms. The molecule has 0 saturated heterocycles. The van der Waals surface area contributed by atoms with Crippen LogP contribution in [0.25, 0.3) is 0 Å². The van der Waals surface area contributed by atoms with Crippen LogP contribution in [0.5, 0.6) is 0 Å². The van der Waals surface area contributed by atoms with Crippen molar-refractivity contribution in [3.8, 4) is 0 Å². The summed E-state index contributed by atoms with van der Waals surface area (Å²) in [6.45, 7) is 0. The first kappa shape index (κ1) is 10.5. The van der Waals surface area contributed by atoms with Crippen molar-refractivity contribution in [2.45, 2.75) is 30.3 Å². The summed E-state index contributed by atoms with van der Waals surface area (Å²) in [5.74, 6) is 2.77. The van der Waals surface area contributed by atoms with Crippen LogP contribution < -0.4 is 0 Å². The summed E-state index contributed by atoms with van der Waals surface area (Å²) in [5, 5.41) is 7.48. The quantitative estimate of drug-likeness (QED) is 0.752. The molecule has 2 aliphatic carbocycles. The lowest BCUT2D eigenvalue weighted by atomic mass is 10.0. The molecule has 5 nitrogen and oxygen atoms in total. The second kappa shape index (κ2) is 3.20. The Hall–Kier alpha value is -0.620. The molecule has 1 aromatic rings. The molecule has 0 N–H and O–H groups in total. The maximum Gasteiger partial charge on any atom is 0.296 e. The minimum atomic E-state index is -3.78. The van der Waals surface area contributed by atoms with Gasteiger partial charge in [0.25, 0.3) is 14.2 Å². The van der Waals surface area contributed by atoms with E-state index in [-0.39, 0.29) is 5.16 Å². The van der Waals surface area contributed by atoms with E-state index in [2.05, 4.69) is 10.2 Å². The number of rotatable bonds is 2. The van der Waals surface area contributed by atoms with Crippen molar-refractivity contribution < 1.29 is 8.42 Å². The van der Waals surface area contributed by atoms with Gasteiger partial charge in [-0.1, -0.05) is 0 Å². The third-order valence-electron chi connectivity index (χ3n) is 3.70. The minimum absolute atomic E-state index is 0.148. The van der Waals surface area contributed by atoms with Crippen LogP contribution in [0.3, 0.4) is 0 Å². The van der Waals surface area contributed by atoms with E-state index in [1.165, 1.54) is 11.0 Å². The number of hydrogen-bond donors (Lipinski definition) is 0. The van der Waals surface area contributed by atoms with Crippen LogP contribution in [0, 0.1) is 11.8 Å². The summed E-state index contributed by atoms with van der Waals surface area (Å²) in [7, 11) is 3.15. The fourth-order valence-corrected chi connectivity index (χ4v) is 3.78. The molecular weight excluding hydrogens is 250 g/mol. The van der Waals surface area contributed by atoms with Crippen molar-refractivity contribution in [2.75, 3.05) is 0 Å². The lowest BCUT2D eigenvalue weighted by Gasteiger charge is -2.10. The van der Waals surface area contributed by atoms with Crippen molar-refractivity contribution in [1.29, 1.82) is 0 Å². The van der Waals surface area contributed by atoms with Gasteiger partial charge in [-0.2, -0.15) is 0 Å². The molecule has 1 heterocycles. The van der Waals surface area contributed by atoms with Gasteiger partial charge in [0.1, 0.15) is 5.82 Å². The Balaban J connectivity index is 1.94. The Morgan fingerprint density at radius 1 is 1.25 bits per heavy atom. The van der Waals surface area contributed by atoms with E-state index in [9.17, 15) is 8.42 Å². The number of aromatic nitrogens is 3. The maximum atomic E-state index is 11.2. The van der Waals surface area contributed by atoms with Crippen LogP contribution in [-0.2, 0) is 16.1 Å². The van der Waals surface area contributed by atoms with Gasteiger partial charge in [0.2, 0.25) is 0 Å². The molecule has 16 heavy (non-hydrogen) atoms. The lowest BCUT2D eigenvalue weighted by Crippen LogP contribution is -2.08. The molecule has 0 aromatic carbocycles. The Morgan fingerprint density at radius 2 is 1.88 bits per heavy atom. The highest BCUT2D eigenvalue weighted by atomic mass is 35.7. The van der Waals surface area contributed by atoms with Gasteiger partial charge in [-0.25, -0.2) is 8.42 Å². The smallest absolute Gasteiger partial charge is 0.296 e. The van der Waals surface area contributed by atoms with Crippen molar-refractivity contribution >= 4 is 19.7 Å². The van der Waals surface area contributed by atoms with Gasteiger partial charge < -0.3 is 4.57 Å². The molecule has 2 unspecified atom stereocenters. The first-order chi connectivity index (χ1) is 7.47. The Bertz CT molecular complexity index is 529. The van der Waals surface area contributed by atoms with Gasteiger partial charge in [0.05, 0.1) is 0 Å². The summed E-state index contributed by atoms with van der Waals surface area (Å²) in [4.78, 5) is 0. The van der Waals surface area contributed by atoms with Gasteiger partial charge >= 0.3 is 0 Å². The van der Waals surface area contributed by atoms with E-state index >= 15 is 0 Å². The topological polar surface area (TPSA) is 64.8 Å². The molecule has 2 fully saturated rings. The lowest BCUT2D eigenvalue weighted by molar-refractivity contribution is 0.552. The van der Waals surface area contributed by atoms with Crippen LogP contribution in [0.15, 0.2) is 5.16 Å². The van der Waals surface area contributed by atoms with Gasteiger partial charge in [-0.15, -0.1) is 10.2 Å². The molecule has 0 aliphatic heterocycles. The Labute approximate surface area is 98.2 Å². The zero-order valence-electron chi connectivity index (χ0n) is 8.80. The molecule has 0 spiro atoms. The van der Waals surface area contributed by atoms with Crippen LogP contribution in [-0.4, -0.2) is 23.2 Å². The summed E-state index contributed by atoms with van der Waals surface area (Å²) >= 11 is 0. The third-order valence-corrected chi connectivity index (χ3v) is 4.90. The van der Waals surface area contributed by atoms with E-state index in [1.54, 1.807) is 7.05 Å². The van der Waals surface area contributed by atoms with Crippen LogP contribution >= 0.6 is 10.7 Å². The Kier molecular flexibility index (Phi) is 2.10. The van der Waals surface area contributed by atoms with Gasteiger partial charge in [0, 0.05) is 23.6 Å². The van der Waals surface area contributed by atoms with Gasteiger partial charge in [-0.3, -0.25) is 0 Å². The zero-order valence-corrected chi connectivity index (χ0v) is 10.4. The molecule has 0 amide bonds. The Morgan fingerprint density at radius 3 is 2.38 bits per heavy atom. The predicted molar refractivity (Wildman–Crippen MR) is 57.6 cm³/mol. The first-order valence-corrected chi connectivity index (χ1v) is 7.61. The van der Waals surface area contributed by atoms with Crippen molar-refractivity contribution in [3.63, 3.8) is 0 Å². The SMILES string of the molecule is Cn1c(C2CC3CC3C2)nnc1S(=O)(=O)Cl. The average molecular weight is 262 g/mol. The standard InChI is InChI=1S/C9H12ClN3O2S/c1-13-8(7-3-5-2-6(5)4-7)11-12-9(13)16(10,14)15/h5-7H,2-4H2,1H3. The summed E-state index contributed by atoms with van der Waals surface area (Å²) in [5.41, 5.74) is 0. The van der Waals surface area contributed by atoms with E-state index < -0.39 is 9.05 Å². The summed E-state index contributed by atoms with van der Waals surface area (Å²) in [6, 6.07) is 0. The fourth-order valence-electron chi connectivity index (χ4n) is 2.82. The van der Waals surface area contributed by atoms with E-state index in [0.717, 1.165) is 30.5 Å². The van der Waals surface area contributed by atoms with E-state index in [1.807, 2.05) is 0 Å². The van der Waals surface area contributed by atoms with E-state index in [4.69, 9.17) is 10.7 Å². The van der Waals surface area contributed by atoms with Crippen molar-refractivity contribution in [2.24, 2.45) is 18.9 Å². The van der Waals surface area contributed by atoms with Crippen LogP contribution in [0.2, 0.25) is 0 Å². The number of nitrogens with zero attached hydrogens (tertiary/aromatic N) is 3. The zero-order chi connectivity index (χ0) is 11.5. The van der Waals surface area contributed by atoms with Crippen LogP contribution in [0.4, 0.5) is 0 Å². The molecule has 0 radical (unpaired) electrons. The first-order valence-electron chi connectivity index (χ1n) is 5.30. The molecule has 3 rings (SSSR count). The van der Waals surface area contributed by atoms with Gasteiger partial charge in [0.15, 0.2) is 0 Å². The molecule has 2 aliphatic rings. The molecule has 2 atom stereocenters. The maximum absolute atomic E-state index is 11.2. The summed E-state index contributed by atoms with van der Waals surface area (Å²) < 4.78 is 23.9. The molecular formula is C9H12ClN3O2S. The van der Waals surface area contributed by atoms with Gasteiger partial charge in [-0.05, 0) is 31.1 Å². The molecule has 1 aromatic heterocycles. The minimum Gasteiger partial charge on any atom is -0.304 e.